The molecule has 10 aromatic rings. The summed E-state index contributed by atoms with van der Waals surface area (Å²) in [7, 11) is 0. The summed E-state index contributed by atoms with van der Waals surface area (Å²) in [5.41, 5.74) is 31.4. The molecule has 1 saturated carbocycles. The maximum Gasteiger partial charge on any atom is 0.121 e. The SMILES string of the molecule is CC(C)c1cc(C(C)C)c(-c2ccc(N(c3ccc(-c4c(C(C)C)cc(C(C)C)cc4C(C)C)cc3)c3ccc(C4C([O-])C(c5ccc(N(c6ccc(-c7c(C(C)C)cc(C(C)C)cc7C(C)C)cc6)c6ccc(-c7c(C(C)C)cc(C(C)C)cc7C(C)C)cc6)cc5O)C4[O-])c(O)c3)cc2)c(C(C)C)c1. The maximum absolute atomic E-state index is 15.0. The molecule has 0 unspecified atom stereocenters. The van der Waals surface area contributed by atoms with Gasteiger partial charge in [0, 0.05) is 46.3 Å². The van der Waals surface area contributed by atoms with Crippen molar-refractivity contribution in [2.45, 2.75) is 261 Å². The lowest BCUT2D eigenvalue weighted by atomic mass is 9.63. The molecule has 0 spiro atoms. The highest BCUT2D eigenvalue weighted by molar-refractivity contribution is 5.86. The van der Waals surface area contributed by atoms with Crippen molar-refractivity contribution in [1.82, 2.24) is 0 Å². The summed E-state index contributed by atoms with van der Waals surface area (Å²) in [6.07, 6.45) is -2.87. The molecule has 0 atom stereocenters. The third-order valence-corrected chi connectivity index (χ3v) is 22.9. The second kappa shape index (κ2) is 32.0. The number of hydrogen-bond donors (Lipinski definition) is 2. The van der Waals surface area contributed by atoms with E-state index in [1.54, 1.807) is 24.3 Å². The van der Waals surface area contributed by atoms with Gasteiger partial charge in [-0.3, -0.25) is 0 Å². The monoisotopic (exact) mass is 1410 g/mol. The molecule has 1 aliphatic rings. The molecule has 106 heavy (non-hydrogen) atoms. The van der Waals surface area contributed by atoms with E-state index in [0.717, 1.165) is 45.0 Å². The first-order valence-electron chi connectivity index (χ1n) is 39.9. The minimum Gasteiger partial charge on any atom is -0.851 e. The summed E-state index contributed by atoms with van der Waals surface area (Å²) in [6.45, 7) is 54.7. The molecule has 556 valence electrons. The quantitative estimate of drug-likeness (QED) is 0.0626. The Kier molecular flexibility index (Phi) is 23.7. The smallest absolute Gasteiger partial charge is 0.121 e. The highest BCUT2D eigenvalue weighted by Crippen LogP contribution is 2.53. The summed E-state index contributed by atoms with van der Waals surface area (Å²) < 4.78 is 0. The molecule has 6 nitrogen and oxygen atoms in total. The number of rotatable bonds is 24. The van der Waals surface area contributed by atoms with Gasteiger partial charge < -0.3 is 30.2 Å². The molecule has 6 heteroatoms. The van der Waals surface area contributed by atoms with Crippen LogP contribution in [-0.4, -0.2) is 22.4 Å². The van der Waals surface area contributed by atoms with Crippen LogP contribution in [0.5, 0.6) is 11.5 Å². The van der Waals surface area contributed by atoms with Gasteiger partial charge >= 0.3 is 0 Å². The van der Waals surface area contributed by atoms with Gasteiger partial charge in [0.05, 0.1) is 0 Å². The third kappa shape index (κ3) is 15.6. The van der Waals surface area contributed by atoms with E-state index in [4.69, 9.17) is 0 Å². The molecule has 0 amide bonds. The van der Waals surface area contributed by atoms with Crippen LogP contribution in [0.3, 0.4) is 0 Å². The lowest BCUT2D eigenvalue weighted by Gasteiger charge is -2.61. The summed E-state index contributed by atoms with van der Waals surface area (Å²) in [4.78, 5) is 4.32. The number of phenolic OH excluding ortho intramolecular Hbond substituents is 2. The van der Waals surface area contributed by atoms with E-state index < -0.39 is 24.0 Å². The van der Waals surface area contributed by atoms with Gasteiger partial charge in [-0.15, -0.1) is 12.2 Å². The van der Waals surface area contributed by atoms with Crippen LogP contribution in [0.4, 0.5) is 34.1 Å². The topological polar surface area (TPSA) is 93.1 Å². The first kappa shape index (κ1) is 78.4. The van der Waals surface area contributed by atoms with Crippen molar-refractivity contribution in [3.63, 3.8) is 0 Å². The van der Waals surface area contributed by atoms with Gasteiger partial charge in [0.2, 0.25) is 0 Å². The maximum atomic E-state index is 15.0. The molecule has 11 rings (SSSR count). The van der Waals surface area contributed by atoms with E-state index in [0.29, 0.717) is 93.5 Å². The summed E-state index contributed by atoms with van der Waals surface area (Å²) >= 11 is 0. The number of hydrogen-bond acceptors (Lipinski definition) is 6. The van der Waals surface area contributed by atoms with E-state index in [-0.39, 0.29) is 11.5 Å². The van der Waals surface area contributed by atoms with Crippen LogP contribution in [0.25, 0.3) is 44.5 Å². The molecule has 0 aliphatic heterocycles. The zero-order valence-electron chi connectivity index (χ0n) is 68.2. The lowest BCUT2D eigenvalue weighted by molar-refractivity contribution is -0.536. The molecule has 10 aromatic carbocycles. The van der Waals surface area contributed by atoms with Gasteiger partial charge in [-0.1, -0.05) is 275 Å². The number of benzene rings is 10. The Morgan fingerprint density at radius 2 is 0.396 bits per heavy atom. The second-order valence-corrected chi connectivity index (χ2v) is 34.5. The average molecular weight is 1410 g/mol. The Hall–Kier alpha value is -8.68. The van der Waals surface area contributed by atoms with Crippen LogP contribution in [-0.2, 0) is 0 Å². The molecular weight excluding hydrogens is 1290 g/mol. The van der Waals surface area contributed by atoms with E-state index in [9.17, 15) is 20.4 Å². The Bertz CT molecular complexity index is 4070. The Morgan fingerprint density at radius 1 is 0.226 bits per heavy atom. The number of phenols is 2. The molecule has 0 aromatic heterocycles. The summed E-state index contributed by atoms with van der Waals surface area (Å²) in [5, 5.41) is 54.7. The van der Waals surface area contributed by atoms with E-state index in [2.05, 4.69) is 322 Å². The van der Waals surface area contributed by atoms with E-state index in [1.165, 1.54) is 89.0 Å². The molecule has 0 bridgehead atoms. The van der Waals surface area contributed by atoms with Crippen molar-refractivity contribution in [2.75, 3.05) is 9.80 Å². The van der Waals surface area contributed by atoms with Gasteiger partial charge in [-0.2, -0.15) is 0 Å². The highest BCUT2D eigenvalue weighted by atomic mass is 16.3. The third-order valence-electron chi connectivity index (χ3n) is 22.9. The second-order valence-electron chi connectivity index (χ2n) is 34.5. The fraction of sp³-hybridized carbons (Fsp3) is 0.400. The van der Waals surface area contributed by atoms with Gasteiger partial charge in [0.1, 0.15) is 11.5 Å². The van der Waals surface area contributed by atoms with Gasteiger partial charge in [-0.25, -0.2) is 0 Å². The molecule has 2 N–H and O–H groups in total. The van der Waals surface area contributed by atoms with Crippen molar-refractivity contribution in [3.8, 4) is 56.0 Å². The van der Waals surface area contributed by atoms with Gasteiger partial charge in [-0.05, 0) is 266 Å². The van der Waals surface area contributed by atoms with Gasteiger partial charge in [0.25, 0.3) is 0 Å². The van der Waals surface area contributed by atoms with Crippen molar-refractivity contribution in [3.05, 3.63) is 260 Å². The summed E-state index contributed by atoms with van der Waals surface area (Å²) in [6, 6.07) is 65.3. The number of aromatic hydroxyl groups is 2. The predicted octanol–water partition coefficient (Wildman–Crippen LogP) is 27.5. The van der Waals surface area contributed by atoms with E-state index >= 15 is 0 Å². The molecule has 1 fully saturated rings. The molecule has 0 heterocycles. The fourth-order valence-electron chi connectivity index (χ4n) is 16.4. The Labute approximate surface area is 637 Å². The molecule has 1 aliphatic carbocycles. The van der Waals surface area contributed by atoms with Crippen LogP contribution in [0, 0.1) is 0 Å². The molecule has 0 radical (unpaired) electrons. The zero-order valence-corrected chi connectivity index (χ0v) is 68.2. The lowest BCUT2D eigenvalue weighted by Crippen LogP contribution is -2.63. The predicted molar refractivity (Wildman–Crippen MR) is 449 cm³/mol. The first-order chi connectivity index (χ1) is 50.2. The highest BCUT2D eigenvalue weighted by Gasteiger charge is 2.41. The summed E-state index contributed by atoms with van der Waals surface area (Å²) in [5.74, 6) is 1.73. The Morgan fingerprint density at radius 3 is 0.547 bits per heavy atom. The van der Waals surface area contributed by atoms with Crippen LogP contribution in [0.2, 0.25) is 0 Å². The van der Waals surface area contributed by atoms with Crippen LogP contribution in [0.15, 0.2) is 182 Å². The average Bonchev–Trinajstić information content (AvgIpc) is 0.735. The van der Waals surface area contributed by atoms with E-state index in [1.807, 2.05) is 12.1 Å². The normalized spacial score (nSPS) is 15.6. The van der Waals surface area contributed by atoms with Crippen LogP contribution < -0.4 is 20.0 Å². The van der Waals surface area contributed by atoms with Crippen LogP contribution in [0.1, 0.15) is 327 Å². The van der Waals surface area contributed by atoms with Crippen molar-refractivity contribution >= 4 is 34.1 Å². The largest absolute Gasteiger partial charge is 0.851 e. The fourth-order valence-corrected chi connectivity index (χ4v) is 16.4. The molecule has 0 saturated heterocycles. The standard InChI is InChI=1S/C100H120N2O4/c1-55(2)71-45-83(59(9)10)93(84(46-71)60(11)12)67-25-33-75(34-26-67)101(76-35-27-68(28-36-76)94-85(61(13)14)47-72(56(3)4)48-86(94)62(15)16)79-41-43-81(91(103)53-79)97-99(105)98(100(97)106)82-44-42-80(54-92(82)104)102(77-37-29-69(30-38-77)95-87(63(17)18)49-73(57(5)6)50-88(95)64(19)20)78-39-31-70(32-40-78)96-89(65(21)22)51-74(58(7)8)52-90(96)66(23)24/h25-66,97-100,103-104H,1-24H3/q-2. The number of anilines is 6. The van der Waals surface area contributed by atoms with Crippen LogP contribution >= 0.6 is 0 Å². The minimum atomic E-state index is -1.44. The van der Waals surface area contributed by atoms with Gasteiger partial charge in [0.15, 0.2) is 0 Å². The molecular formula is C100H120N2O4-2. The van der Waals surface area contributed by atoms with Crippen molar-refractivity contribution in [2.24, 2.45) is 0 Å². The zero-order chi connectivity index (χ0) is 76.9. The Balaban J connectivity index is 0.959. The van der Waals surface area contributed by atoms with Crippen molar-refractivity contribution in [1.29, 1.82) is 0 Å². The number of nitrogens with zero attached hydrogens (tertiary/aromatic N) is 2. The minimum absolute atomic E-state index is 0.114. The first-order valence-corrected chi connectivity index (χ1v) is 39.9. The van der Waals surface area contributed by atoms with Crippen molar-refractivity contribution < 1.29 is 20.4 Å².